The van der Waals surface area contributed by atoms with Gasteiger partial charge in [-0.25, -0.2) is 0 Å². The van der Waals surface area contributed by atoms with Crippen LogP contribution in [-0.4, -0.2) is 5.11 Å². The number of fused-ring (bicyclic) bond motifs is 1. The van der Waals surface area contributed by atoms with Crippen LogP contribution >= 0.6 is 11.6 Å². The van der Waals surface area contributed by atoms with Crippen molar-refractivity contribution < 1.29 is 22.7 Å². The van der Waals surface area contributed by atoms with Crippen LogP contribution in [0.1, 0.15) is 38.0 Å². The molecule has 3 nitrogen and oxygen atoms in total. The minimum atomic E-state index is -4.89. The topological polar surface area (TPSA) is 50.4 Å². The molecule has 29 heavy (non-hydrogen) atoms. The van der Waals surface area contributed by atoms with Gasteiger partial charge >= 0.3 is 6.18 Å². The molecule has 3 aromatic rings. The molecule has 1 heterocycles. The van der Waals surface area contributed by atoms with Gasteiger partial charge in [0.05, 0.1) is 10.9 Å². The number of rotatable bonds is 5. The van der Waals surface area contributed by atoms with Gasteiger partial charge in [-0.05, 0) is 42.2 Å². The molecule has 0 aliphatic carbocycles. The SMILES string of the molecule is CCC(CC)Cc1c(O)ccc2c(=O)c(-c3ccc(Cl)cc3)c(C(F)(F)F)oc12. The lowest BCUT2D eigenvalue weighted by Gasteiger charge is -2.17. The Morgan fingerprint density at radius 2 is 1.69 bits per heavy atom. The highest BCUT2D eigenvalue weighted by Crippen LogP contribution is 2.40. The first-order valence-corrected chi connectivity index (χ1v) is 9.69. The van der Waals surface area contributed by atoms with Crippen molar-refractivity contribution in [2.75, 3.05) is 0 Å². The first kappa shape index (κ1) is 21.2. The van der Waals surface area contributed by atoms with Gasteiger partial charge in [0, 0.05) is 10.6 Å². The third-order valence-corrected chi connectivity index (χ3v) is 5.43. The van der Waals surface area contributed by atoms with Crippen LogP contribution in [0.25, 0.3) is 22.1 Å². The Morgan fingerprint density at radius 1 is 1.07 bits per heavy atom. The van der Waals surface area contributed by atoms with Gasteiger partial charge in [0.1, 0.15) is 11.3 Å². The van der Waals surface area contributed by atoms with E-state index in [4.69, 9.17) is 16.0 Å². The van der Waals surface area contributed by atoms with Crippen molar-refractivity contribution in [1.82, 2.24) is 0 Å². The standard InChI is InChI=1S/C22H20ClF3O3/c1-3-12(4-2)11-16-17(27)10-9-15-19(28)18(13-5-7-14(23)8-6-13)21(22(24,25)26)29-20(15)16/h5-10,12,27H,3-4,11H2,1-2H3. The summed E-state index contributed by atoms with van der Waals surface area (Å²) in [7, 11) is 0. The molecular formula is C22H20ClF3O3. The number of phenols is 1. The average molecular weight is 425 g/mol. The van der Waals surface area contributed by atoms with E-state index in [9.17, 15) is 23.1 Å². The number of halogens is 4. The predicted molar refractivity (Wildman–Crippen MR) is 107 cm³/mol. The third kappa shape index (κ3) is 4.13. The second-order valence-electron chi connectivity index (χ2n) is 6.97. The van der Waals surface area contributed by atoms with Crippen LogP contribution in [0.2, 0.25) is 5.02 Å². The molecule has 2 aromatic carbocycles. The van der Waals surface area contributed by atoms with Gasteiger partial charge in [0.2, 0.25) is 11.2 Å². The van der Waals surface area contributed by atoms with Crippen LogP contribution in [0.4, 0.5) is 13.2 Å². The summed E-state index contributed by atoms with van der Waals surface area (Å²) >= 11 is 5.83. The molecule has 7 heteroatoms. The van der Waals surface area contributed by atoms with Crippen molar-refractivity contribution in [3.05, 3.63) is 63.0 Å². The number of benzene rings is 2. The molecule has 1 aromatic heterocycles. The minimum Gasteiger partial charge on any atom is -0.508 e. The van der Waals surface area contributed by atoms with E-state index in [0.717, 1.165) is 12.8 Å². The summed E-state index contributed by atoms with van der Waals surface area (Å²) in [6.07, 6.45) is -3.01. The summed E-state index contributed by atoms with van der Waals surface area (Å²) in [5, 5.41) is 10.6. The first-order valence-electron chi connectivity index (χ1n) is 9.32. The summed E-state index contributed by atoms with van der Waals surface area (Å²) in [6, 6.07) is 8.15. The molecule has 0 aliphatic heterocycles. The maximum Gasteiger partial charge on any atom is 0.450 e. The van der Waals surface area contributed by atoms with Crippen molar-refractivity contribution in [3.8, 4) is 16.9 Å². The largest absolute Gasteiger partial charge is 0.508 e. The van der Waals surface area contributed by atoms with Crippen LogP contribution in [-0.2, 0) is 12.6 Å². The van der Waals surface area contributed by atoms with E-state index in [-0.39, 0.29) is 33.8 Å². The normalized spacial score (nSPS) is 12.1. The molecule has 0 spiro atoms. The summed E-state index contributed by atoms with van der Waals surface area (Å²) in [6.45, 7) is 3.93. The Morgan fingerprint density at radius 3 is 2.24 bits per heavy atom. The fraction of sp³-hybridized carbons (Fsp3) is 0.318. The lowest BCUT2D eigenvalue weighted by Crippen LogP contribution is -2.17. The quantitative estimate of drug-likeness (QED) is 0.489. The maximum absolute atomic E-state index is 13.8. The Hall–Kier alpha value is -2.47. The first-order chi connectivity index (χ1) is 13.7. The minimum absolute atomic E-state index is 0.00158. The van der Waals surface area contributed by atoms with E-state index >= 15 is 0 Å². The van der Waals surface area contributed by atoms with Crippen LogP contribution < -0.4 is 5.43 Å². The molecule has 0 atom stereocenters. The molecule has 0 saturated carbocycles. The van der Waals surface area contributed by atoms with Gasteiger partial charge in [0.15, 0.2) is 0 Å². The lowest BCUT2D eigenvalue weighted by molar-refractivity contribution is -0.152. The Labute approximate surface area is 170 Å². The Kier molecular flexibility index (Phi) is 5.94. The number of hydrogen-bond acceptors (Lipinski definition) is 3. The van der Waals surface area contributed by atoms with Gasteiger partial charge in [-0.15, -0.1) is 0 Å². The zero-order valence-corrected chi connectivity index (χ0v) is 16.7. The van der Waals surface area contributed by atoms with Crippen molar-refractivity contribution in [2.45, 2.75) is 39.3 Å². The van der Waals surface area contributed by atoms with E-state index in [1.54, 1.807) is 0 Å². The predicted octanol–water partition coefficient (Wildman–Crippen LogP) is 6.82. The smallest absolute Gasteiger partial charge is 0.450 e. The fourth-order valence-electron chi connectivity index (χ4n) is 3.45. The average Bonchev–Trinajstić information content (AvgIpc) is 2.67. The van der Waals surface area contributed by atoms with Gasteiger partial charge in [0.25, 0.3) is 0 Å². The van der Waals surface area contributed by atoms with E-state index < -0.39 is 22.9 Å². The van der Waals surface area contributed by atoms with Crippen LogP contribution in [0.5, 0.6) is 5.75 Å². The number of phenolic OH excluding ortho intramolecular Hbond substituents is 1. The zero-order valence-electron chi connectivity index (χ0n) is 15.9. The van der Waals surface area contributed by atoms with Crippen molar-refractivity contribution in [2.24, 2.45) is 5.92 Å². The van der Waals surface area contributed by atoms with Gasteiger partial charge in [-0.1, -0.05) is 50.4 Å². The molecule has 0 saturated heterocycles. The molecule has 0 radical (unpaired) electrons. The van der Waals surface area contributed by atoms with Crippen LogP contribution in [0, 0.1) is 5.92 Å². The highest BCUT2D eigenvalue weighted by molar-refractivity contribution is 6.30. The lowest BCUT2D eigenvalue weighted by atomic mass is 9.92. The number of aromatic hydroxyl groups is 1. The molecule has 0 amide bonds. The highest BCUT2D eigenvalue weighted by atomic mass is 35.5. The summed E-state index contributed by atoms with van der Waals surface area (Å²) in [5.41, 5.74) is -1.30. The summed E-state index contributed by atoms with van der Waals surface area (Å²) in [5.74, 6) is -1.42. The summed E-state index contributed by atoms with van der Waals surface area (Å²) < 4.78 is 46.8. The van der Waals surface area contributed by atoms with E-state index in [1.807, 2.05) is 13.8 Å². The van der Waals surface area contributed by atoms with E-state index in [2.05, 4.69) is 0 Å². The molecule has 0 unspecified atom stereocenters. The molecule has 154 valence electrons. The molecule has 0 aliphatic rings. The summed E-state index contributed by atoms with van der Waals surface area (Å²) in [4.78, 5) is 13.1. The number of alkyl halides is 3. The van der Waals surface area contributed by atoms with Crippen molar-refractivity contribution in [3.63, 3.8) is 0 Å². The Bertz CT molecular complexity index is 1080. The van der Waals surface area contributed by atoms with Gasteiger partial charge in [-0.2, -0.15) is 13.2 Å². The Balaban J connectivity index is 2.37. The molecule has 0 bridgehead atoms. The molecule has 1 N–H and O–H groups in total. The van der Waals surface area contributed by atoms with E-state index in [1.165, 1.54) is 36.4 Å². The zero-order chi connectivity index (χ0) is 21.3. The maximum atomic E-state index is 13.8. The monoisotopic (exact) mass is 424 g/mol. The van der Waals surface area contributed by atoms with Crippen molar-refractivity contribution in [1.29, 1.82) is 0 Å². The second kappa shape index (κ2) is 8.11. The molecule has 0 fully saturated rings. The van der Waals surface area contributed by atoms with Crippen LogP contribution in [0.3, 0.4) is 0 Å². The van der Waals surface area contributed by atoms with Gasteiger partial charge < -0.3 is 9.52 Å². The van der Waals surface area contributed by atoms with E-state index in [0.29, 0.717) is 11.4 Å². The third-order valence-electron chi connectivity index (χ3n) is 5.18. The van der Waals surface area contributed by atoms with Crippen LogP contribution in [0.15, 0.2) is 45.6 Å². The number of hydrogen-bond donors (Lipinski definition) is 1. The highest BCUT2D eigenvalue weighted by Gasteiger charge is 2.39. The fourth-order valence-corrected chi connectivity index (χ4v) is 3.57. The molecular weight excluding hydrogens is 405 g/mol. The molecule has 3 rings (SSSR count). The van der Waals surface area contributed by atoms with Gasteiger partial charge in [-0.3, -0.25) is 4.79 Å². The second-order valence-corrected chi connectivity index (χ2v) is 7.40. The van der Waals surface area contributed by atoms with Crippen molar-refractivity contribution >= 4 is 22.6 Å².